The van der Waals surface area contributed by atoms with Crippen LogP contribution in [0.5, 0.6) is 0 Å². The zero-order chi connectivity index (χ0) is 14.3. The van der Waals surface area contributed by atoms with Crippen LogP contribution >= 0.6 is 27.7 Å². The average molecular weight is 345 g/mol. The number of hydrogen-bond acceptors (Lipinski definition) is 3. The van der Waals surface area contributed by atoms with Crippen LogP contribution in [-0.4, -0.2) is 30.8 Å². The summed E-state index contributed by atoms with van der Waals surface area (Å²) >= 11 is 5.20. The van der Waals surface area contributed by atoms with E-state index in [-0.39, 0.29) is 10.7 Å². The summed E-state index contributed by atoms with van der Waals surface area (Å²) in [6, 6.07) is 8.23. The molecule has 5 heteroatoms. The van der Waals surface area contributed by atoms with E-state index in [0.29, 0.717) is 19.5 Å². The number of carbonyl (C=O) groups is 1. The van der Waals surface area contributed by atoms with Gasteiger partial charge in [0.25, 0.3) is 0 Å². The SMILES string of the molecule is CNCCC(=O)NCC(C)(C)Sc1ccc(Br)cc1. The van der Waals surface area contributed by atoms with Gasteiger partial charge in [-0.1, -0.05) is 15.9 Å². The first kappa shape index (κ1) is 16.5. The molecule has 0 aliphatic rings. The second kappa shape index (κ2) is 7.92. The second-order valence-electron chi connectivity index (χ2n) is 4.95. The predicted molar refractivity (Wildman–Crippen MR) is 85.6 cm³/mol. The summed E-state index contributed by atoms with van der Waals surface area (Å²) in [5.41, 5.74) is 0. The van der Waals surface area contributed by atoms with Gasteiger partial charge in [-0.25, -0.2) is 0 Å². The molecule has 1 rings (SSSR count). The highest BCUT2D eigenvalue weighted by Gasteiger charge is 2.20. The predicted octanol–water partition coefficient (Wildman–Crippen LogP) is 3.05. The van der Waals surface area contributed by atoms with Crippen molar-refractivity contribution in [3.05, 3.63) is 28.7 Å². The van der Waals surface area contributed by atoms with Crippen LogP contribution in [0.25, 0.3) is 0 Å². The molecule has 0 heterocycles. The zero-order valence-corrected chi connectivity index (χ0v) is 14.0. The minimum atomic E-state index is -0.0247. The lowest BCUT2D eigenvalue weighted by molar-refractivity contribution is -0.121. The van der Waals surface area contributed by atoms with Gasteiger partial charge >= 0.3 is 0 Å². The molecule has 0 saturated carbocycles. The minimum absolute atomic E-state index is 0.0247. The lowest BCUT2D eigenvalue weighted by atomic mass is 10.2. The van der Waals surface area contributed by atoms with Crippen LogP contribution in [0.1, 0.15) is 20.3 Å². The number of amides is 1. The lowest BCUT2D eigenvalue weighted by Crippen LogP contribution is -2.37. The molecule has 3 nitrogen and oxygen atoms in total. The summed E-state index contributed by atoms with van der Waals surface area (Å²) in [7, 11) is 1.85. The summed E-state index contributed by atoms with van der Waals surface area (Å²) in [6.07, 6.45) is 0.523. The second-order valence-corrected chi connectivity index (χ2v) is 7.64. The van der Waals surface area contributed by atoms with E-state index in [4.69, 9.17) is 0 Å². The van der Waals surface area contributed by atoms with Gasteiger partial charge in [0, 0.05) is 33.6 Å². The Balaban J connectivity index is 2.42. The van der Waals surface area contributed by atoms with Gasteiger partial charge in [0.15, 0.2) is 0 Å². The molecule has 0 fully saturated rings. The van der Waals surface area contributed by atoms with Crippen LogP contribution in [0.15, 0.2) is 33.6 Å². The summed E-state index contributed by atoms with van der Waals surface area (Å²) in [4.78, 5) is 12.8. The Morgan fingerprint density at radius 3 is 2.53 bits per heavy atom. The Labute approximate surface area is 128 Å². The lowest BCUT2D eigenvalue weighted by Gasteiger charge is -2.24. The molecule has 0 saturated heterocycles. The van der Waals surface area contributed by atoms with Crippen LogP contribution in [0.4, 0.5) is 0 Å². The Bertz CT molecular complexity index is 406. The molecule has 0 atom stereocenters. The number of nitrogens with one attached hydrogen (secondary N) is 2. The van der Waals surface area contributed by atoms with E-state index < -0.39 is 0 Å². The highest BCUT2D eigenvalue weighted by molar-refractivity contribution is 9.10. The standard InChI is InChI=1S/C14H21BrN2OS/c1-14(2,10-17-13(18)8-9-16-3)19-12-6-4-11(15)5-7-12/h4-7,16H,8-10H2,1-3H3,(H,17,18). The third-order valence-corrected chi connectivity index (χ3v) is 4.25. The first-order chi connectivity index (χ1) is 8.93. The van der Waals surface area contributed by atoms with Crippen LogP contribution in [-0.2, 0) is 4.79 Å². The zero-order valence-electron chi connectivity index (χ0n) is 11.6. The first-order valence-corrected chi connectivity index (χ1v) is 7.90. The molecule has 1 aromatic carbocycles. The van der Waals surface area contributed by atoms with Crippen molar-refractivity contribution in [1.82, 2.24) is 10.6 Å². The molecule has 1 amide bonds. The van der Waals surface area contributed by atoms with Crippen LogP contribution in [0.3, 0.4) is 0 Å². The molecule has 0 radical (unpaired) electrons. The normalized spacial score (nSPS) is 11.4. The highest BCUT2D eigenvalue weighted by Crippen LogP contribution is 2.32. The van der Waals surface area contributed by atoms with Crippen molar-refractivity contribution in [1.29, 1.82) is 0 Å². The van der Waals surface area contributed by atoms with Gasteiger partial charge in [-0.2, -0.15) is 0 Å². The molecule has 0 bridgehead atoms. The van der Waals surface area contributed by atoms with E-state index in [1.165, 1.54) is 4.90 Å². The summed E-state index contributed by atoms with van der Waals surface area (Å²) in [5, 5.41) is 5.95. The third-order valence-electron chi connectivity index (χ3n) is 2.52. The Kier molecular flexibility index (Phi) is 6.89. The van der Waals surface area contributed by atoms with Gasteiger partial charge < -0.3 is 10.6 Å². The van der Waals surface area contributed by atoms with Crippen LogP contribution in [0, 0.1) is 0 Å². The number of hydrogen-bond donors (Lipinski definition) is 2. The molecule has 19 heavy (non-hydrogen) atoms. The molecule has 0 aromatic heterocycles. The molecule has 0 unspecified atom stereocenters. The molecule has 2 N–H and O–H groups in total. The van der Waals surface area contributed by atoms with Crippen molar-refractivity contribution >= 4 is 33.6 Å². The van der Waals surface area contributed by atoms with E-state index >= 15 is 0 Å². The van der Waals surface area contributed by atoms with Gasteiger partial charge in [-0.05, 0) is 45.2 Å². The molecular weight excluding hydrogens is 324 g/mol. The monoisotopic (exact) mass is 344 g/mol. The van der Waals surface area contributed by atoms with Crippen molar-refractivity contribution in [3.63, 3.8) is 0 Å². The Morgan fingerprint density at radius 2 is 1.95 bits per heavy atom. The highest BCUT2D eigenvalue weighted by atomic mass is 79.9. The molecule has 0 aliphatic carbocycles. The van der Waals surface area contributed by atoms with Gasteiger partial charge in [-0.3, -0.25) is 4.79 Å². The van der Waals surface area contributed by atoms with Crippen LogP contribution in [0.2, 0.25) is 0 Å². The van der Waals surface area contributed by atoms with E-state index in [1.54, 1.807) is 11.8 Å². The van der Waals surface area contributed by atoms with Crippen molar-refractivity contribution < 1.29 is 4.79 Å². The van der Waals surface area contributed by atoms with Crippen LogP contribution < -0.4 is 10.6 Å². The van der Waals surface area contributed by atoms with E-state index in [0.717, 1.165) is 4.47 Å². The molecule has 0 aliphatic heterocycles. The van der Waals surface area contributed by atoms with Gasteiger partial charge in [0.2, 0.25) is 5.91 Å². The molecular formula is C14H21BrN2OS. The van der Waals surface area contributed by atoms with Gasteiger partial charge in [0.1, 0.15) is 0 Å². The number of carbonyl (C=O) groups excluding carboxylic acids is 1. The van der Waals surface area contributed by atoms with Gasteiger partial charge in [0.05, 0.1) is 0 Å². The number of thioether (sulfide) groups is 1. The van der Waals surface area contributed by atoms with E-state index in [1.807, 2.05) is 19.2 Å². The topological polar surface area (TPSA) is 41.1 Å². The van der Waals surface area contributed by atoms with Crippen molar-refractivity contribution in [2.45, 2.75) is 29.9 Å². The third kappa shape index (κ3) is 6.99. The van der Waals surface area contributed by atoms with E-state index in [2.05, 4.69) is 52.5 Å². The fourth-order valence-corrected chi connectivity index (χ4v) is 2.82. The number of halogens is 1. The Morgan fingerprint density at radius 1 is 1.32 bits per heavy atom. The van der Waals surface area contributed by atoms with Gasteiger partial charge in [-0.15, -0.1) is 11.8 Å². The summed E-state index contributed by atoms with van der Waals surface area (Å²) < 4.78 is 1.05. The van der Waals surface area contributed by atoms with Crippen molar-refractivity contribution in [3.8, 4) is 0 Å². The van der Waals surface area contributed by atoms with E-state index in [9.17, 15) is 4.79 Å². The number of benzene rings is 1. The molecule has 1 aromatic rings. The minimum Gasteiger partial charge on any atom is -0.355 e. The smallest absolute Gasteiger partial charge is 0.221 e. The molecule has 0 spiro atoms. The van der Waals surface area contributed by atoms with Crippen molar-refractivity contribution in [2.24, 2.45) is 0 Å². The number of rotatable bonds is 7. The maximum Gasteiger partial charge on any atom is 0.221 e. The first-order valence-electron chi connectivity index (χ1n) is 6.29. The maximum absolute atomic E-state index is 11.6. The fourth-order valence-electron chi connectivity index (χ4n) is 1.50. The largest absolute Gasteiger partial charge is 0.355 e. The Hall–Kier alpha value is -0.520. The fraction of sp³-hybridized carbons (Fsp3) is 0.500. The molecule has 106 valence electrons. The average Bonchev–Trinajstić information content (AvgIpc) is 2.36. The summed E-state index contributed by atoms with van der Waals surface area (Å²) in [6.45, 7) is 5.65. The van der Waals surface area contributed by atoms with Crippen molar-refractivity contribution in [2.75, 3.05) is 20.1 Å². The maximum atomic E-state index is 11.6. The summed E-state index contributed by atoms with van der Waals surface area (Å²) in [5.74, 6) is 0.0961. The quantitative estimate of drug-likeness (QED) is 0.747.